The molecule has 1 aliphatic rings. The van der Waals surface area contributed by atoms with Gasteiger partial charge in [-0.05, 0) is 54.1 Å². The Labute approximate surface area is 179 Å². The highest BCUT2D eigenvalue weighted by atomic mass is 35.5. The molecule has 1 fully saturated rings. The topological polar surface area (TPSA) is 55.8 Å². The molecule has 0 bridgehead atoms. The standard InChI is InChI=1S/C22H22ClNO4S/c1-2-3-13-27-17-10-8-16(9-11-17)15-20-21(25)24(22(26)29-20)12-14-28-19-7-5-4-6-18(19)23/h4-11,15H,2-3,12-14H2,1H3/b20-15-. The number of halogens is 1. The van der Waals surface area contributed by atoms with Gasteiger partial charge in [0.2, 0.25) is 0 Å². The summed E-state index contributed by atoms with van der Waals surface area (Å²) in [6.07, 6.45) is 3.81. The lowest BCUT2D eigenvalue weighted by Gasteiger charge is -2.13. The largest absolute Gasteiger partial charge is 0.494 e. The van der Waals surface area contributed by atoms with E-state index >= 15 is 0 Å². The highest BCUT2D eigenvalue weighted by molar-refractivity contribution is 8.18. The maximum Gasteiger partial charge on any atom is 0.293 e. The number of hydrogen-bond donors (Lipinski definition) is 0. The molecule has 5 nitrogen and oxygen atoms in total. The minimum atomic E-state index is -0.314. The van der Waals surface area contributed by atoms with Crippen molar-refractivity contribution in [2.24, 2.45) is 0 Å². The first-order valence-corrected chi connectivity index (χ1v) is 10.6. The number of para-hydroxylation sites is 1. The van der Waals surface area contributed by atoms with E-state index < -0.39 is 0 Å². The first-order valence-electron chi connectivity index (χ1n) is 9.44. The molecule has 0 spiro atoms. The predicted molar refractivity (Wildman–Crippen MR) is 116 cm³/mol. The Morgan fingerprint density at radius 2 is 1.79 bits per heavy atom. The van der Waals surface area contributed by atoms with E-state index in [0.29, 0.717) is 22.3 Å². The highest BCUT2D eigenvalue weighted by Crippen LogP contribution is 2.32. The molecule has 29 heavy (non-hydrogen) atoms. The van der Waals surface area contributed by atoms with Gasteiger partial charge >= 0.3 is 0 Å². The molecule has 152 valence electrons. The van der Waals surface area contributed by atoms with Crippen molar-refractivity contribution in [1.82, 2.24) is 4.90 Å². The van der Waals surface area contributed by atoms with Gasteiger partial charge in [-0.25, -0.2) is 0 Å². The van der Waals surface area contributed by atoms with Crippen LogP contribution in [0.3, 0.4) is 0 Å². The second-order valence-electron chi connectivity index (χ2n) is 6.38. The van der Waals surface area contributed by atoms with Crippen molar-refractivity contribution < 1.29 is 19.1 Å². The molecule has 0 saturated carbocycles. The summed E-state index contributed by atoms with van der Waals surface area (Å²) < 4.78 is 11.2. The third-order valence-corrected chi connectivity index (χ3v) is 5.45. The SMILES string of the molecule is CCCCOc1ccc(/C=C2\SC(=O)N(CCOc3ccccc3Cl)C2=O)cc1. The van der Waals surface area contributed by atoms with Crippen molar-refractivity contribution in [3.8, 4) is 11.5 Å². The second kappa shape index (κ2) is 10.4. The van der Waals surface area contributed by atoms with Crippen LogP contribution >= 0.6 is 23.4 Å². The molecule has 0 radical (unpaired) electrons. The summed E-state index contributed by atoms with van der Waals surface area (Å²) in [5.41, 5.74) is 0.839. The average molecular weight is 432 g/mol. The zero-order chi connectivity index (χ0) is 20.6. The zero-order valence-electron chi connectivity index (χ0n) is 16.1. The molecule has 0 unspecified atom stereocenters. The molecule has 1 heterocycles. The highest BCUT2D eigenvalue weighted by Gasteiger charge is 2.34. The molecule has 1 aliphatic heterocycles. The fourth-order valence-corrected chi connectivity index (χ4v) is 3.70. The summed E-state index contributed by atoms with van der Waals surface area (Å²) in [5, 5.41) is 0.187. The monoisotopic (exact) mass is 431 g/mol. The first-order chi connectivity index (χ1) is 14.1. The predicted octanol–water partition coefficient (Wildman–Crippen LogP) is 5.63. The first kappa shape index (κ1) is 21.3. The molecule has 2 aromatic rings. The summed E-state index contributed by atoms with van der Waals surface area (Å²) in [6.45, 7) is 3.14. The summed E-state index contributed by atoms with van der Waals surface area (Å²) >= 11 is 6.98. The number of imide groups is 1. The molecule has 0 atom stereocenters. The number of hydrogen-bond acceptors (Lipinski definition) is 5. The van der Waals surface area contributed by atoms with E-state index in [0.717, 1.165) is 35.9 Å². The lowest BCUT2D eigenvalue weighted by molar-refractivity contribution is -0.123. The van der Waals surface area contributed by atoms with E-state index in [1.54, 1.807) is 24.3 Å². The summed E-state index contributed by atoms with van der Waals surface area (Å²) in [7, 11) is 0. The van der Waals surface area contributed by atoms with Crippen molar-refractivity contribution in [3.05, 3.63) is 64.0 Å². The molecule has 0 aliphatic carbocycles. The van der Waals surface area contributed by atoms with Gasteiger partial charge in [-0.1, -0.05) is 49.2 Å². The lowest BCUT2D eigenvalue weighted by Crippen LogP contribution is -2.32. The maximum absolute atomic E-state index is 12.6. The van der Waals surface area contributed by atoms with Crippen LogP contribution in [0.2, 0.25) is 5.02 Å². The molecule has 2 amide bonds. The molecule has 0 aromatic heterocycles. The number of carbonyl (C=O) groups is 2. The number of unbranched alkanes of at least 4 members (excludes halogenated alkanes) is 1. The Bertz CT molecular complexity index is 898. The van der Waals surface area contributed by atoms with Crippen LogP contribution in [0.1, 0.15) is 25.3 Å². The number of carbonyl (C=O) groups excluding carboxylic acids is 2. The summed E-state index contributed by atoms with van der Waals surface area (Å²) in [5.74, 6) is 1.00. The van der Waals surface area contributed by atoms with E-state index in [1.807, 2.05) is 30.3 Å². The molecule has 1 saturated heterocycles. The van der Waals surface area contributed by atoms with Gasteiger partial charge in [0.25, 0.3) is 11.1 Å². The van der Waals surface area contributed by atoms with Crippen LogP contribution in [0.15, 0.2) is 53.4 Å². The normalized spacial score (nSPS) is 15.2. The quantitative estimate of drug-likeness (QED) is 0.380. The number of ether oxygens (including phenoxy) is 2. The van der Waals surface area contributed by atoms with Crippen LogP contribution in [0.5, 0.6) is 11.5 Å². The van der Waals surface area contributed by atoms with Gasteiger partial charge in [0, 0.05) is 0 Å². The van der Waals surface area contributed by atoms with Crippen LogP contribution in [-0.2, 0) is 4.79 Å². The van der Waals surface area contributed by atoms with Crippen LogP contribution in [0.4, 0.5) is 4.79 Å². The Hall–Kier alpha value is -2.44. The van der Waals surface area contributed by atoms with Gasteiger partial charge in [0.15, 0.2) is 0 Å². The molecule has 0 N–H and O–H groups in total. The van der Waals surface area contributed by atoms with E-state index in [-0.39, 0.29) is 24.3 Å². The third kappa shape index (κ3) is 5.78. The van der Waals surface area contributed by atoms with E-state index in [2.05, 4.69) is 6.92 Å². The van der Waals surface area contributed by atoms with E-state index in [1.165, 1.54) is 4.90 Å². The van der Waals surface area contributed by atoms with Gasteiger partial charge in [-0.3, -0.25) is 14.5 Å². The fraction of sp³-hybridized carbons (Fsp3) is 0.273. The Morgan fingerprint density at radius 3 is 2.52 bits per heavy atom. The molecular weight excluding hydrogens is 410 g/mol. The van der Waals surface area contributed by atoms with Crippen LogP contribution in [0, 0.1) is 0 Å². The zero-order valence-corrected chi connectivity index (χ0v) is 17.7. The van der Waals surface area contributed by atoms with Gasteiger partial charge < -0.3 is 9.47 Å². The Morgan fingerprint density at radius 1 is 1.03 bits per heavy atom. The third-order valence-electron chi connectivity index (χ3n) is 4.23. The van der Waals surface area contributed by atoms with E-state index in [9.17, 15) is 9.59 Å². The minimum absolute atomic E-state index is 0.164. The number of thioether (sulfide) groups is 1. The number of amides is 2. The fourth-order valence-electron chi connectivity index (χ4n) is 2.65. The summed E-state index contributed by atoms with van der Waals surface area (Å²) in [6, 6.07) is 14.5. The van der Waals surface area contributed by atoms with Crippen LogP contribution in [-0.4, -0.2) is 35.8 Å². The minimum Gasteiger partial charge on any atom is -0.494 e. The molecular formula is C22H22ClNO4S. The van der Waals surface area contributed by atoms with Crippen molar-refractivity contribution in [1.29, 1.82) is 0 Å². The Kier molecular flexibility index (Phi) is 7.61. The lowest BCUT2D eigenvalue weighted by atomic mass is 10.2. The van der Waals surface area contributed by atoms with E-state index in [4.69, 9.17) is 21.1 Å². The second-order valence-corrected chi connectivity index (χ2v) is 7.78. The number of rotatable bonds is 9. The van der Waals surface area contributed by atoms with Crippen molar-refractivity contribution >= 4 is 40.6 Å². The average Bonchev–Trinajstić information content (AvgIpc) is 2.98. The van der Waals surface area contributed by atoms with Gasteiger partial charge in [0.1, 0.15) is 18.1 Å². The van der Waals surface area contributed by atoms with Crippen molar-refractivity contribution in [2.75, 3.05) is 19.8 Å². The maximum atomic E-state index is 12.6. The van der Waals surface area contributed by atoms with Gasteiger partial charge in [-0.2, -0.15) is 0 Å². The Balaban J connectivity index is 1.57. The number of nitrogens with zero attached hydrogens (tertiary/aromatic N) is 1. The molecule has 7 heteroatoms. The van der Waals surface area contributed by atoms with Crippen molar-refractivity contribution in [3.63, 3.8) is 0 Å². The van der Waals surface area contributed by atoms with Gasteiger partial charge in [-0.15, -0.1) is 0 Å². The molecule has 2 aromatic carbocycles. The van der Waals surface area contributed by atoms with Crippen molar-refractivity contribution in [2.45, 2.75) is 19.8 Å². The number of benzene rings is 2. The van der Waals surface area contributed by atoms with Crippen LogP contribution < -0.4 is 9.47 Å². The van der Waals surface area contributed by atoms with Crippen LogP contribution in [0.25, 0.3) is 6.08 Å². The smallest absolute Gasteiger partial charge is 0.293 e. The summed E-state index contributed by atoms with van der Waals surface area (Å²) in [4.78, 5) is 26.4. The van der Waals surface area contributed by atoms with Gasteiger partial charge in [0.05, 0.1) is 23.1 Å². The molecule has 3 rings (SSSR count).